The summed E-state index contributed by atoms with van der Waals surface area (Å²) in [5.74, 6) is -1.04. The standard InChI is InChI=1S/C14H17ClFNO2/c15-11-6-4-7-12(16)13(11)14(19)17-8-3-1-2-5-10(17)9-18/h4,6-7,10,18H,1-3,5,8-9H2. The molecule has 0 bridgehead atoms. The lowest BCUT2D eigenvalue weighted by Crippen LogP contribution is -2.42. The molecule has 1 heterocycles. The van der Waals surface area contributed by atoms with Gasteiger partial charge in [-0.15, -0.1) is 0 Å². The van der Waals surface area contributed by atoms with E-state index in [1.807, 2.05) is 0 Å². The summed E-state index contributed by atoms with van der Waals surface area (Å²) in [6.45, 7) is 0.437. The summed E-state index contributed by atoms with van der Waals surface area (Å²) in [7, 11) is 0. The number of halogens is 2. The van der Waals surface area contributed by atoms with Gasteiger partial charge in [0.25, 0.3) is 5.91 Å². The summed E-state index contributed by atoms with van der Waals surface area (Å²) in [6, 6.07) is 3.96. The minimum atomic E-state index is -0.613. The first-order valence-corrected chi connectivity index (χ1v) is 6.88. The molecule has 3 nitrogen and oxygen atoms in total. The fourth-order valence-corrected chi connectivity index (χ4v) is 2.72. The first-order chi connectivity index (χ1) is 9.15. The van der Waals surface area contributed by atoms with Gasteiger partial charge in [0.1, 0.15) is 5.82 Å². The summed E-state index contributed by atoms with van der Waals surface area (Å²) >= 11 is 5.93. The van der Waals surface area contributed by atoms with Gasteiger partial charge in [0.2, 0.25) is 0 Å². The number of aliphatic hydroxyl groups excluding tert-OH is 1. The fourth-order valence-electron chi connectivity index (χ4n) is 2.48. The molecule has 0 aromatic heterocycles. The zero-order valence-electron chi connectivity index (χ0n) is 10.6. The number of amides is 1. The van der Waals surface area contributed by atoms with E-state index in [4.69, 9.17) is 11.6 Å². The number of hydrogen-bond acceptors (Lipinski definition) is 2. The van der Waals surface area contributed by atoms with Crippen LogP contribution in [0.15, 0.2) is 18.2 Å². The van der Waals surface area contributed by atoms with Gasteiger partial charge >= 0.3 is 0 Å². The summed E-state index contributed by atoms with van der Waals surface area (Å²) in [4.78, 5) is 14.0. The van der Waals surface area contributed by atoms with Crippen LogP contribution < -0.4 is 0 Å². The second-order valence-electron chi connectivity index (χ2n) is 4.78. The van der Waals surface area contributed by atoms with Crippen LogP contribution in [0.5, 0.6) is 0 Å². The Kier molecular flexibility index (Phi) is 4.77. The van der Waals surface area contributed by atoms with Crippen LogP contribution in [0.25, 0.3) is 0 Å². The van der Waals surface area contributed by atoms with Crippen molar-refractivity contribution in [2.24, 2.45) is 0 Å². The Bertz CT molecular complexity index is 447. The lowest BCUT2D eigenvalue weighted by molar-refractivity contribution is 0.0595. The number of benzene rings is 1. The van der Waals surface area contributed by atoms with Gasteiger partial charge in [0.15, 0.2) is 0 Å². The quantitative estimate of drug-likeness (QED) is 0.908. The van der Waals surface area contributed by atoms with Crippen molar-refractivity contribution in [2.75, 3.05) is 13.2 Å². The van der Waals surface area contributed by atoms with E-state index in [0.717, 1.165) is 25.7 Å². The molecule has 1 aromatic carbocycles. The van der Waals surface area contributed by atoms with E-state index in [1.165, 1.54) is 18.2 Å². The van der Waals surface area contributed by atoms with Gasteiger partial charge < -0.3 is 10.0 Å². The van der Waals surface area contributed by atoms with Crippen LogP contribution in [0.2, 0.25) is 5.02 Å². The highest BCUT2D eigenvalue weighted by Crippen LogP contribution is 2.24. The van der Waals surface area contributed by atoms with Crippen LogP contribution in [-0.2, 0) is 0 Å². The van der Waals surface area contributed by atoms with Gasteiger partial charge in [-0.05, 0) is 25.0 Å². The highest BCUT2D eigenvalue weighted by molar-refractivity contribution is 6.33. The van der Waals surface area contributed by atoms with E-state index in [2.05, 4.69) is 0 Å². The second-order valence-corrected chi connectivity index (χ2v) is 5.19. The molecule has 1 aliphatic rings. The smallest absolute Gasteiger partial charge is 0.258 e. The number of carbonyl (C=O) groups excluding carboxylic acids is 1. The second kappa shape index (κ2) is 6.35. The third-order valence-corrected chi connectivity index (χ3v) is 3.84. The monoisotopic (exact) mass is 285 g/mol. The summed E-state index contributed by atoms with van der Waals surface area (Å²) in [5.41, 5.74) is -0.0930. The van der Waals surface area contributed by atoms with Crippen LogP contribution in [0.1, 0.15) is 36.0 Å². The molecule has 5 heteroatoms. The molecule has 1 atom stereocenters. The molecule has 19 heavy (non-hydrogen) atoms. The van der Waals surface area contributed by atoms with E-state index in [-0.39, 0.29) is 23.2 Å². The van der Waals surface area contributed by atoms with Crippen molar-refractivity contribution in [2.45, 2.75) is 31.7 Å². The fraction of sp³-hybridized carbons (Fsp3) is 0.500. The zero-order valence-corrected chi connectivity index (χ0v) is 11.4. The van der Waals surface area contributed by atoms with Gasteiger partial charge in [0.05, 0.1) is 23.2 Å². The van der Waals surface area contributed by atoms with E-state index in [1.54, 1.807) is 4.90 Å². The van der Waals surface area contributed by atoms with Crippen molar-refractivity contribution in [3.8, 4) is 0 Å². The van der Waals surface area contributed by atoms with Crippen molar-refractivity contribution in [3.05, 3.63) is 34.6 Å². The summed E-state index contributed by atoms with van der Waals surface area (Å²) in [6.07, 6.45) is 3.61. The molecule has 0 aliphatic carbocycles. The lowest BCUT2D eigenvalue weighted by atomic mass is 10.1. The van der Waals surface area contributed by atoms with Crippen LogP contribution in [-0.4, -0.2) is 35.1 Å². The molecule has 1 N–H and O–H groups in total. The maximum absolute atomic E-state index is 13.8. The molecule has 1 aromatic rings. The maximum Gasteiger partial charge on any atom is 0.258 e. The Balaban J connectivity index is 2.30. The average molecular weight is 286 g/mol. The van der Waals surface area contributed by atoms with Gasteiger partial charge in [-0.1, -0.05) is 30.5 Å². The largest absolute Gasteiger partial charge is 0.394 e. The highest BCUT2D eigenvalue weighted by Gasteiger charge is 2.28. The van der Waals surface area contributed by atoms with Crippen molar-refractivity contribution < 1.29 is 14.3 Å². The molecule has 1 amide bonds. The van der Waals surface area contributed by atoms with Crippen LogP contribution >= 0.6 is 11.6 Å². The van der Waals surface area contributed by atoms with Crippen molar-refractivity contribution in [3.63, 3.8) is 0 Å². The van der Waals surface area contributed by atoms with Gasteiger partial charge in [-0.25, -0.2) is 4.39 Å². The topological polar surface area (TPSA) is 40.5 Å². The average Bonchev–Trinajstić information content (AvgIpc) is 2.63. The van der Waals surface area contributed by atoms with Crippen LogP contribution in [0, 0.1) is 5.82 Å². The third kappa shape index (κ3) is 3.07. The molecule has 1 unspecified atom stereocenters. The predicted molar refractivity (Wildman–Crippen MR) is 71.8 cm³/mol. The number of hydrogen-bond donors (Lipinski definition) is 1. The van der Waals surface area contributed by atoms with Crippen molar-refractivity contribution in [1.29, 1.82) is 0 Å². The number of carbonyl (C=O) groups is 1. The van der Waals surface area contributed by atoms with Crippen LogP contribution in [0.3, 0.4) is 0 Å². The number of nitrogens with zero attached hydrogens (tertiary/aromatic N) is 1. The van der Waals surface area contributed by atoms with Gasteiger partial charge in [-0.2, -0.15) is 0 Å². The normalized spacial score (nSPS) is 20.2. The van der Waals surface area contributed by atoms with Crippen LogP contribution in [0.4, 0.5) is 4.39 Å². The predicted octanol–water partition coefficient (Wildman–Crippen LogP) is 2.86. The first kappa shape index (κ1) is 14.3. The number of rotatable bonds is 2. The molecular formula is C14H17ClFNO2. The molecular weight excluding hydrogens is 269 g/mol. The Morgan fingerprint density at radius 1 is 1.42 bits per heavy atom. The Morgan fingerprint density at radius 3 is 2.89 bits per heavy atom. The van der Waals surface area contributed by atoms with E-state index >= 15 is 0 Å². The summed E-state index contributed by atoms with van der Waals surface area (Å²) < 4.78 is 13.8. The van der Waals surface area contributed by atoms with Gasteiger partial charge in [0, 0.05) is 6.54 Å². The molecule has 1 aliphatic heterocycles. The number of aliphatic hydroxyl groups is 1. The Hall–Kier alpha value is -1.13. The SMILES string of the molecule is O=C(c1c(F)cccc1Cl)N1CCCCCC1CO. The maximum atomic E-state index is 13.8. The molecule has 0 spiro atoms. The number of likely N-dealkylation sites (tertiary alicyclic amines) is 1. The third-order valence-electron chi connectivity index (χ3n) is 3.53. The molecule has 1 saturated heterocycles. The van der Waals surface area contributed by atoms with Gasteiger partial charge in [-0.3, -0.25) is 4.79 Å². The van der Waals surface area contributed by atoms with E-state index in [9.17, 15) is 14.3 Å². The van der Waals surface area contributed by atoms with Crippen molar-refractivity contribution >= 4 is 17.5 Å². The molecule has 0 saturated carbocycles. The van der Waals surface area contributed by atoms with Crippen molar-refractivity contribution in [1.82, 2.24) is 4.90 Å². The zero-order chi connectivity index (χ0) is 13.8. The first-order valence-electron chi connectivity index (χ1n) is 6.51. The Labute approximate surface area is 117 Å². The minimum absolute atomic E-state index is 0.0930. The molecule has 2 rings (SSSR count). The van der Waals surface area contributed by atoms with E-state index < -0.39 is 11.7 Å². The highest BCUT2D eigenvalue weighted by atomic mass is 35.5. The Morgan fingerprint density at radius 2 is 2.21 bits per heavy atom. The summed E-state index contributed by atoms with van der Waals surface area (Å²) in [5, 5.41) is 9.52. The molecule has 0 radical (unpaired) electrons. The van der Waals surface area contributed by atoms with E-state index in [0.29, 0.717) is 6.54 Å². The minimum Gasteiger partial charge on any atom is -0.394 e. The molecule has 104 valence electrons. The lowest BCUT2D eigenvalue weighted by Gasteiger charge is -2.29. The molecule has 1 fully saturated rings.